The van der Waals surface area contributed by atoms with Gasteiger partial charge in [0.05, 0.1) is 11.8 Å². The van der Waals surface area contributed by atoms with Crippen molar-refractivity contribution >= 4 is 15.9 Å². The van der Waals surface area contributed by atoms with E-state index in [-0.39, 0.29) is 17.7 Å². The maximum absolute atomic E-state index is 11.9. The lowest BCUT2D eigenvalue weighted by atomic mass is 10.1. The Morgan fingerprint density at radius 3 is 2.57 bits per heavy atom. The second-order valence-electron chi connectivity index (χ2n) is 5.32. The molecule has 0 spiro atoms. The number of amides is 1. The Hall–Kier alpha value is -0.700. The summed E-state index contributed by atoms with van der Waals surface area (Å²) >= 11 is 0. The number of hydrogen-bond donors (Lipinski definition) is 2. The summed E-state index contributed by atoms with van der Waals surface area (Å²) in [6.07, 6.45) is 2.60. The Morgan fingerprint density at radius 2 is 2.05 bits per heavy atom. The first-order valence-electron chi connectivity index (χ1n) is 7.43. The van der Waals surface area contributed by atoms with Crippen LogP contribution in [-0.4, -0.2) is 63.3 Å². The van der Waals surface area contributed by atoms with Crippen LogP contribution in [0.3, 0.4) is 0 Å². The summed E-state index contributed by atoms with van der Waals surface area (Å²) in [5.41, 5.74) is 5.82. The van der Waals surface area contributed by atoms with Crippen molar-refractivity contribution in [2.45, 2.75) is 44.7 Å². The minimum atomic E-state index is -3.12. The lowest BCUT2D eigenvalue weighted by Crippen LogP contribution is -2.50. The van der Waals surface area contributed by atoms with Crippen LogP contribution in [0.4, 0.5) is 0 Å². The molecule has 21 heavy (non-hydrogen) atoms. The van der Waals surface area contributed by atoms with E-state index in [4.69, 9.17) is 10.5 Å². The first-order valence-corrected chi connectivity index (χ1v) is 9.04. The molecular formula is C13H27N3O4S. The molecule has 3 N–H and O–H groups in total. The number of nitrogens with one attached hydrogen (secondary N) is 1. The van der Waals surface area contributed by atoms with Crippen molar-refractivity contribution in [1.82, 2.24) is 9.62 Å². The maximum atomic E-state index is 11.9. The largest absolute Gasteiger partial charge is 0.385 e. The van der Waals surface area contributed by atoms with Gasteiger partial charge in [-0.1, -0.05) is 0 Å². The van der Waals surface area contributed by atoms with E-state index in [1.54, 1.807) is 14.0 Å². The van der Waals surface area contributed by atoms with E-state index in [1.165, 1.54) is 4.31 Å². The highest BCUT2D eigenvalue weighted by Gasteiger charge is 2.28. The molecular weight excluding hydrogens is 294 g/mol. The van der Waals surface area contributed by atoms with Gasteiger partial charge in [0.2, 0.25) is 15.9 Å². The Balaban J connectivity index is 2.33. The Morgan fingerprint density at radius 1 is 1.43 bits per heavy atom. The molecule has 1 aliphatic rings. The second kappa shape index (κ2) is 8.67. The number of hydrogen-bond acceptors (Lipinski definition) is 5. The standard InChI is InChI=1S/C13H27N3O4S/c1-3-21(18,19)16-8-6-11(7-9-16)15-13(17)12(14)5-4-10-20-2/h11-12H,3-10,14H2,1-2H3,(H,15,17). The van der Waals surface area contributed by atoms with Gasteiger partial charge in [-0.15, -0.1) is 0 Å². The highest BCUT2D eigenvalue weighted by atomic mass is 32.2. The monoisotopic (exact) mass is 321 g/mol. The van der Waals surface area contributed by atoms with E-state index in [0.717, 1.165) is 6.42 Å². The van der Waals surface area contributed by atoms with Crippen molar-refractivity contribution in [2.75, 3.05) is 32.6 Å². The molecule has 1 rings (SSSR count). The van der Waals surface area contributed by atoms with Crippen molar-refractivity contribution in [3.63, 3.8) is 0 Å². The summed E-state index contributed by atoms with van der Waals surface area (Å²) in [4.78, 5) is 11.9. The van der Waals surface area contributed by atoms with Crippen LogP contribution < -0.4 is 11.1 Å². The van der Waals surface area contributed by atoms with E-state index in [0.29, 0.717) is 39.0 Å². The number of methoxy groups -OCH3 is 1. The molecule has 8 heteroatoms. The molecule has 0 aromatic carbocycles. The molecule has 0 aliphatic carbocycles. The van der Waals surface area contributed by atoms with Gasteiger partial charge < -0.3 is 15.8 Å². The number of ether oxygens (including phenoxy) is 1. The fourth-order valence-electron chi connectivity index (χ4n) is 2.35. The molecule has 1 amide bonds. The van der Waals surface area contributed by atoms with Crippen LogP contribution in [0.1, 0.15) is 32.6 Å². The molecule has 1 aliphatic heterocycles. The average molecular weight is 321 g/mol. The predicted octanol–water partition coefficient (Wildman–Crippen LogP) is -0.329. The lowest BCUT2D eigenvalue weighted by molar-refractivity contribution is -0.123. The molecule has 1 unspecified atom stereocenters. The SMILES string of the molecule is CCS(=O)(=O)N1CCC(NC(=O)C(N)CCCOC)CC1. The number of nitrogens with two attached hydrogens (primary N) is 1. The van der Waals surface area contributed by atoms with Crippen molar-refractivity contribution in [1.29, 1.82) is 0 Å². The number of rotatable bonds is 8. The lowest BCUT2D eigenvalue weighted by Gasteiger charge is -2.31. The van der Waals surface area contributed by atoms with Crippen LogP contribution in [0.15, 0.2) is 0 Å². The van der Waals surface area contributed by atoms with E-state index >= 15 is 0 Å². The highest BCUT2D eigenvalue weighted by molar-refractivity contribution is 7.89. The van der Waals surface area contributed by atoms with Crippen molar-refractivity contribution < 1.29 is 17.9 Å². The zero-order valence-electron chi connectivity index (χ0n) is 12.9. The van der Waals surface area contributed by atoms with Crippen LogP contribution in [0.25, 0.3) is 0 Å². The smallest absolute Gasteiger partial charge is 0.237 e. The summed E-state index contributed by atoms with van der Waals surface area (Å²) in [5.74, 6) is -0.0445. The molecule has 0 aromatic heterocycles. The van der Waals surface area contributed by atoms with Gasteiger partial charge in [-0.05, 0) is 32.6 Å². The van der Waals surface area contributed by atoms with E-state index in [9.17, 15) is 13.2 Å². The van der Waals surface area contributed by atoms with E-state index in [1.807, 2.05) is 0 Å². The van der Waals surface area contributed by atoms with Gasteiger partial charge in [-0.25, -0.2) is 12.7 Å². The third kappa shape index (κ3) is 5.90. The van der Waals surface area contributed by atoms with E-state index in [2.05, 4.69) is 5.32 Å². The van der Waals surface area contributed by atoms with Crippen LogP contribution in [0, 0.1) is 0 Å². The van der Waals surface area contributed by atoms with Gasteiger partial charge in [0, 0.05) is 32.8 Å². The van der Waals surface area contributed by atoms with Crippen LogP contribution in [0.2, 0.25) is 0 Å². The van der Waals surface area contributed by atoms with Crippen LogP contribution in [0.5, 0.6) is 0 Å². The summed E-state index contributed by atoms with van der Waals surface area (Å²) in [6.45, 7) is 3.15. The minimum absolute atomic E-state index is 0.00859. The molecule has 1 heterocycles. The number of carbonyl (C=O) groups is 1. The Bertz CT molecular complexity index is 419. The molecule has 0 bridgehead atoms. The van der Waals surface area contributed by atoms with Crippen molar-refractivity contribution in [3.05, 3.63) is 0 Å². The third-order valence-corrected chi connectivity index (χ3v) is 5.64. The topological polar surface area (TPSA) is 102 Å². The van der Waals surface area contributed by atoms with Gasteiger partial charge >= 0.3 is 0 Å². The minimum Gasteiger partial charge on any atom is -0.385 e. The fraction of sp³-hybridized carbons (Fsp3) is 0.923. The Labute approximate surface area is 127 Å². The molecule has 1 fully saturated rings. The van der Waals surface area contributed by atoms with E-state index < -0.39 is 16.1 Å². The summed E-state index contributed by atoms with van der Waals surface area (Å²) in [5, 5.41) is 2.91. The molecule has 0 aromatic rings. The third-order valence-electron chi connectivity index (χ3n) is 3.76. The number of nitrogens with zero attached hydrogens (tertiary/aromatic N) is 1. The van der Waals surface area contributed by atoms with Gasteiger partial charge in [0.1, 0.15) is 0 Å². The highest BCUT2D eigenvalue weighted by Crippen LogP contribution is 2.14. The second-order valence-corrected chi connectivity index (χ2v) is 7.58. The normalized spacial score (nSPS) is 19.4. The van der Waals surface area contributed by atoms with Crippen LogP contribution in [-0.2, 0) is 19.6 Å². The van der Waals surface area contributed by atoms with Gasteiger partial charge in [0.15, 0.2) is 0 Å². The fourth-order valence-corrected chi connectivity index (χ4v) is 3.48. The molecule has 1 atom stereocenters. The number of piperidine rings is 1. The Kier molecular flexibility index (Phi) is 7.58. The van der Waals surface area contributed by atoms with Crippen molar-refractivity contribution in [3.8, 4) is 0 Å². The first-order chi connectivity index (χ1) is 9.90. The maximum Gasteiger partial charge on any atom is 0.237 e. The zero-order valence-corrected chi connectivity index (χ0v) is 13.7. The van der Waals surface area contributed by atoms with Gasteiger partial charge in [-0.2, -0.15) is 0 Å². The summed E-state index contributed by atoms with van der Waals surface area (Å²) in [7, 11) is -1.51. The van der Waals surface area contributed by atoms with Gasteiger partial charge in [0.25, 0.3) is 0 Å². The van der Waals surface area contributed by atoms with Gasteiger partial charge in [-0.3, -0.25) is 4.79 Å². The summed E-state index contributed by atoms with van der Waals surface area (Å²) < 4.78 is 29.9. The van der Waals surface area contributed by atoms with Crippen LogP contribution >= 0.6 is 0 Å². The molecule has 0 radical (unpaired) electrons. The quantitative estimate of drug-likeness (QED) is 0.596. The number of sulfonamides is 1. The number of carbonyl (C=O) groups excluding carboxylic acids is 1. The summed E-state index contributed by atoms with van der Waals surface area (Å²) in [6, 6.07) is -0.521. The molecule has 124 valence electrons. The predicted molar refractivity (Wildman–Crippen MR) is 81.3 cm³/mol. The molecule has 7 nitrogen and oxygen atoms in total. The zero-order chi connectivity index (χ0) is 15.9. The van der Waals surface area contributed by atoms with Crippen molar-refractivity contribution in [2.24, 2.45) is 5.73 Å². The molecule has 1 saturated heterocycles. The average Bonchev–Trinajstić information content (AvgIpc) is 2.48. The first kappa shape index (κ1) is 18.3. The molecule has 0 saturated carbocycles.